The van der Waals surface area contributed by atoms with Gasteiger partial charge in [0.25, 0.3) is 0 Å². The van der Waals surface area contributed by atoms with Crippen LogP contribution in [0.1, 0.15) is 18.4 Å². The summed E-state index contributed by atoms with van der Waals surface area (Å²) >= 11 is 0. The molecule has 2 aliphatic heterocycles. The Balaban J connectivity index is 1.91. The fourth-order valence-corrected chi connectivity index (χ4v) is 2.98. The van der Waals surface area contributed by atoms with Crippen LogP contribution in [0, 0.1) is 0 Å². The molecular weight excluding hydrogens is 246 g/mol. The molecule has 1 aromatic carbocycles. The molecule has 0 bridgehead atoms. The van der Waals surface area contributed by atoms with Crippen molar-refractivity contribution < 1.29 is 14.6 Å². The lowest BCUT2D eigenvalue weighted by Crippen LogP contribution is -2.53. The fraction of sp³-hybridized carbons (Fsp3) is 0.385. The molecule has 2 amide bonds. The van der Waals surface area contributed by atoms with E-state index in [-0.39, 0.29) is 30.3 Å². The first-order chi connectivity index (χ1) is 9.13. The van der Waals surface area contributed by atoms with Gasteiger partial charge in [-0.2, -0.15) is 4.99 Å². The first-order valence-electron chi connectivity index (χ1n) is 6.27. The molecule has 2 heterocycles. The molecule has 0 radical (unpaired) electrons. The number of carbonyl (C=O) groups excluding carboxylic acids is 1. The summed E-state index contributed by atoms with van der Waals surface area (Å²) in [7, 11) is 0. The summed E-state index contributed by atoms with van der Waals surface area (Å²) in [4.78, 5) is 17.7. The Hall–Kier alpha value is -2.24. The number of urea groups is 1. The quantitative estimate of drug-likeness (QED) is 0.785. The standard InChI is InChI=1S/C13H13N3O3/c14-11-13(16(7-1-2-7)12(18)15-11)6-19-10-5-8(17)3-4-9(10)13/h3-5,7,17H,1-2,6H2,(H2,14,15,18). The second-order valence-corrected chi connectivity index (χ2v) is 5.21. The molecule has 0 aromatic heterocycles. The van der Waals surface area contributed by atoms with Gasteiger partial charge in [0, 0.05) is 17.7 Å². The van der Waals surface area contributed by atoms with Crippen LogP contribution in [0.5, 0.6) is 11.5 Å². The van der Waals surface area contributed by atoms with Gasteiger partial charge in [-0.1, -0.05) is 0 Å². The number of hydrogen-bond acceptors (Lipinski definition) is 4. The molecule has 98 valence electrons. The van der Waals surface area contributed by atoms with Crippen LogP contribution in [0.3, 0.4) is 0 Å². The molecule has 1 aromatic rings. The zero-order valence-electron chi connectivity index (χ0n) is 10.2. The van der Waals surface area contributed by atoms with Gasteiger partial charge in [-0.25, -0.2) is 4.79 Å². The van der Waals surface area contributed by atoms with Crippen LogP contribution in [0.25, 0.3) is 0 Å². The van der Waals surface area contributed by atoms with Crippen molar-refractivity contribution in [3.63, 3.8) is 0 Å². The summed E-state index contributed by atoms with van der Waals surface area (Å²) in [5.41, 5.74) is 6.05. The van der Waals surface area contributed by atoms with Crippen molar-refractivity contribution in [3.8, 4) is 11.5 Å². The molecule has 6 nitrogen and oxygen atoms in total. The van der Waals surface area contributed by atoms with E-state index >= 15 is 0 Å². The Kier molecular flexibility index (Phi) is 1.80. The lowest BCUT2D eigenvalue weighted by Gasteiger charge is -2.33. The molecule has 19 heavy (non-hydrogen) atoms. The smallest absolute Gasteiger partial charge is 0.346 e. The summed E-state index contributed by atoms with van der Waals surface area (Å²) in [6, 6.07) is 4.79. The van der Waals surface area contributed by atoms with E-state index in [2.05, 4.69) is 4.99 Å². The van der Waals surface area contributed by atoms with Crippen LogP contribution in [0.2, 0.25) is 0 Å². The van der Waals surface area contributed by atoms with Gasteiger partial charge in [0.05, 0.1) is 0 Å². The number of carbonyl (C=O) groups is 1. The summed E-state index contributed by atoms with van der Waals surface area (Å²) < 4.78 is 5.63. The van der Waals surface area contributed by atoms with Gasteiger partial charge >= 0.3 is 6.03 Å². The molecule has 1 unspecified atom stereocenters. The Bertz CT molecular complexity index is 624. The highest BCUT2D eigenvalue weighted by Gasteiger charge is 2.59. The zero-order valence-corrected chi connectivity index (χ0v) is 10.2. The van der Waals surface area contributed by atoms with Gasteiger partial charge in [-0.15, -0.1) is 0 Å². The van der Waals surface area contributed by atoms with Crippen LogP contribution < -0.4 is 10.5 Å². The number of amides is 2. The molecule has 1 aliphatic carbocycles. The third-order valence-electron chi connectivity index (χ3n) is 4.02. The third kappa shape index (κ3) is 1.21. The average molecular weight is 259 g/mol. The van der Waals surface area contributed by atoms with E-state index in [1.165, 1.54) is 0 Å². The molecule has 3 aliphatic rings. The van der Waals surface area contributed by atoms with Crippen molar-refractivity contribution in [1.82, 2.24) is 4.90 Å². The molecule has 1 fully saturated rings. The van der Waals surface area contributed by atoms with Crippen LogP contribution in [-0.4, -0.2) is 34.5 Å². The van der Waals surface area contributed by atoms with Crippen molar-refractivity contribution in [2.24, 2.45) is 10.7 Å². The minimum atomic E-state index is -0.777. The SMILES string of the molecule is NC1=NC(=O)N(C2CC2)C12COc1cc(O)ccc12. The van der Waals surface area contributed by atoms with Crippen molar-refractivity contribution in [2.75, 3.05) is 6.61 Å². The summed E-state index contributed by atoms with van der Waals surface area (Å²) in [5.74, 6) is 0.987. The molecule has 3 N–H and O–H groups in total. The number of amidine groups is 1. The maximum Gasteiger partial charge on any atom is 0.346 e. The zero-order chi connectivity index (χ0) is 13.2. The molecule has 1 atom stereocenters. The van der Waals surface area contributed by atoms with Crippen LogP contribution in [-0.2, 0) is 5.54 Å². The number of fused-ring (bicyclic) bond motifs is 2. The number of aliphatic imine (C=N–C) groups is 1. The van der Waals surface area contributed by atoms with Crippen molar-refractivity contribution in [2.45, 2.75) is 24.4 Å². The van der Waals surface area contributed by atoms with E-state index in [1.807, 2.05) is 0 Å². The summed E-state index contributed by atoms with van der Waals surface area (Å²) in [6.45, 7) is 0.267. The van der Waals surface area contributed by atoms with Crippen molar-refractivity contribution in [3.05, 3.63) is 23.8 Å². The van der Waals surface area contributed by atoms with E-state index in [9.17, 15) is 9.90 Å². The summed E-state index contributed by atoms with van der Waals surface area (Å²) in [6.07, 6.45) is 1.95. The fourth-order valence-electron chi connectivity index (χ4n) is 2.98. The Labute approximate surface area is 109 Å². The summed E-state index contributed by atoms with van der Waals surface area (Å²) in [5, 5.41) is 9.51. The van der Waals surface area contributed by atoms with Crippen LogP contribution in [0.4, 0.5) is 4.79 Å². The Morgan fingerprint density at radius 3 is 3.00 bits per heavy atom. The van der Waals surface area contributed by atoms with Gasteiger partial charge < -0.3 is 15.6 Å². The van der Waals surface area contributed by atoms with E-state index in [4.69, 9.17) is 10.5 Å². The highest BCUT2D eigenvalue weighted by atomic mass is 16.5. The second kappa shape index (κ2) is 3.20. The first-order valence-corrected chi connectivity index (χ1v) is 6.27. The third-order valence-corrected chi connectivity index (χ3v) is 4.02. The van der Waals surface area contributed by atoms with Gasteiger partial charge in [0.1, 0.15) is 23.9 Å². The highest BCUT2D eigenvalue weighted by molar-refractivity contribution is 6.07. The molecular formula is C13H13N3O3. The van der Waals surface area contributed by atoms with E-state index in [1.54, 1.807) is 23.1 Å². The molecule has 4 rings (SSSR count). The van der Waals surface area contributed by atoms with Gasteiger partial charge in [0.15, 0.2) is 5.54 Å². The highest BCUT2D eigenvalue weighted by Crippen LogP contribution is 2.49. The van der Waals surface area contributed by atoms with Gasteiger partial charge in [0.2, 0.25) is 0 Å². The van der Waals surface area contributed by atoms with Gasteiger partial charge in [-0.3, -0.25) is 4.90 Å². The molecule has 6 heteroatoms. The number of benzene rings is 1. The maximum atomic E-state index is 12.1. The van der Waals surface area contributed by atoms with E-state index in [0.29, 0.717) is 5.75 Å². The lowest BCUT2D eigenvalue weighted by atomic mass is 9.89. The monoisotopic (exact) mass is 259 g/mol. The molecule has 1 saturated carbocycles. The number of phenolic OH excluding ortho intramolecular Hbond substituents is 1. The van der Waals surface area contributed by atoms with Crippen molar-refractivity contribution >= 4 is 11.9 Å². The van der Waals surface area contributed by atoms with E-state index < -0.39 is 5.54 Å². The minimum Gasteiger partial charge on any atom is -0.508 e. The normalized spacial score (nSPS) is 28.5. The number of nitrogens with two attached hydrogens (primary N) is 1. The van der Waals surface area contributed by atoms with Gasteiger partial charge in [-0.05, 0) is 25.0 Å². The molecule has 0 saturated heterocycles. The molecule has 1 spiro atoms. The Morgan fingerprint density at radius 2 is 2.26 bits per heavy atom. The second-order valence-electron chi connectivity index (χ2n) is 5.21. The number of phenols is 1. The first kappa shape index (κ1) is 10.7. The van der Waals surface area contributed by atoms with Crippen LogP contribution >= 0.6 is 0 Å². The van der Waals surface area contributed by atoms with Crippen molar-refractivity contribution in [1.29, 1.82) is 0 Å². The minimum absolute atomic E-state index is 0.133. The predicted molar refractivity (Wildman–Crippen MR) is 67.2 cm³/mol. The number of nitrogens with zero attached hydrogens (tertiary/aromatic N) is 2. The topological polar surface area (TPSA) is 88.2 Å². The lowest BCUT2D eigenvalue weighted by molar-refractivity contribution is 0.143. The number of ether oxygens (including phenoxy) is 1. The number of hydrogen-bond donors (Lipinski definition) is 2. The maximum absolute atomic E-state index is 12.1. The Morgan fingerprint density at radius 1 is 1.47 bits per heavy atom. The van der Waals surface area contributed by atoms with Crippen LogP contribution in [0.15, 0.2) is 23.2 Å². The number of aromatic hydroxyl groups is 1. The van der Waals surface area contributed by atoms with E-state index in [0.717, 1.165) is 18.4 Å². The number of rotatable bonds is 1. The average Bonchev–Trinajstić information content (AvgIpc) is 3.07. The largest absolute Gasteiger partial charge is 0.508 e. The predicted octanol–water partition coefficient (Wildman–Crippen LogP) is 0.935.